The Bertz CT molecular complexity index is 304. The summed E-state index contributed by atoms with van der Waals surface area (Å²) in [6, 6.07) is 0. The number of esters is 1. The van der Waals surface area contributed by atoms with E-state index in [1.807, 2.05) is 0 Å². The van der Waals surface area contributed by atoms with E-state index in [1.165, 1.54) is 77.0 Å². The van der Waals surface area contributed by atoms with E-state index in [1.54, 1.807) is 0 Å². The standard InChI is InChI=1S/C24H48O3/c1-3-5-7-8-9-10-11-12-13-14-15-16-17-19-23(25)20-18-21-24(26)27-22-6-4-2/h23,25H,3-22H2,1-2H3. The predicted molar refractivity (Wildman–Crippen MR) is 116 cm³/mol. The summed E-state index contributed by atoms with van der Waals surface area (Å²) in [7, 11) is 0. The fourth-order valence-corrected chi connectivity index (χ4v) is 3.43. The number of aliphatic hydroxyl groups excluding tert-OH is 1. The van der Waals surface area contributed by atoms with Gasteiger partial charge in [-0.3, -0.25) is 4.79 Å². The van der Waals surface area contributed by atoms with E-state index in [2.05, 4.69) is 13.8 Å². The first-order chi connectivity index (χ1) is 13.2. The van der Waals surface area contributed by atoms with Gasteiger partial charge in [0.05, 0.1) is 12.7 Å². The topological polar surface area (TPSA) is 46.5 Å². The van der Waals surface area contributed by atoms with Crippen molar-refractivity contribution in [3.05, 3.63) is 0 Å². The van der Waals surface area contributed by atoms with Crippen molar-refractivity contribution in [2.75, 3.05) is 6.61 Å². The Balaban J connectivity index is 3.23. The van der Waals surface area contributed by atoms with E-state index >= 15 is 0 Å². The highest BCUT2D eigenvalue weighted by atomic mass is 16.5. The van der Waals surface area contributed by atoms with Crippen LogP contribution in [0, 0.1) is 0 Å². The van der Waals surface area contributed by atoms with Gasteiger partial charge in [-0.25, -0.2) is 0 Å². The van der Waals surface area contributed by atoms with Gasteiger partial charge in [-0.2, -0.15) is 0 Å². The zero-order valence-electron chi connectivity index (χ0n) is 18.5. The molecule has 0 rings (SSSR count). The molecule has 0 aliphatic heterocycles. The van der Waals surface area contributed by atoms with Gasteiger partial charge in [0.15, 0.2) is 0 Å². The summed E-state index contributed by atoms with van der Waals surface area (Å²) in [5.41, 5.74) is 0. The van der Waals surface area contributed by atoms with E-state index < -0.39 is 0 Å². The smallest absolute Gasteiger partial charge is 0.305 e. The van der Waals surface area contributed by atoms with Crippen LogP contribution in [-0.4, -0.2) is 23.8 Å². The van der Waals surface area contributed by atoms with Crippen LogP contribution in [0.2, 0.25) is 0 Å². The second-order valence-corrected chi connectivity index (χ2v) is 8.15. The molecule has 0 aliphatic rings. The maximum atomic E-state index is 11.5. The lowest BCUT2D eigenvalue weighted by molar-refractivity contribution is -0.143. The minimum Gasteiger partial charge on any atom is -0.466 e. The zero-order chi connectivity index (χ0) is 20.0. The zero-order valence-corrected chi connectivity index (χ0v) is 18.5. The number of hydrogen-bond acceptors (Lipinski definition) is 3. The van der Waals surface area contributed by atoms with E-state index in [0.717, 1.165) is 38.5 Å². The highest BCUT2D eigenvalue weighted by Gasteiger charge is 2.07. The van der Waals surface area contributed by atoms with Crippen LogP contribution in [0.1, 0.15) is 136 Å². The molecule has 1 N–H and O–H groups in total. The first-order valence-corrected chi connectivity index (χ1v) is 12.0. The van der Waals surface area contributed by atoms with Gasteiger partial charge >= 0.3 is 5.97 Å². The number of rotatable bonds is 21. The Hall–Kier alpha value is -0.570. The molecule has 1 unspecified atom stereocenters. The minimum absolute atomic E-state index is 0.114. The van der Waals surface area contributed by atoms with Crippen LogP contribution in [-0.2, 0) is 9.53 Å². The molecule has 0 amide bonds. The molecule has 0 heterocycles. The highest BCUT2D eigenvalue weighted by molar-refractivity contribution is 5.69. The summed E-state index contributed by atoms with van der Waals surface area (Å²) in [4.78, 5) is 11.5. The number of carbonyl (C=O) groups excluding carboxylic acids is 1. The molecule has 0 bridgehead atoms. The van der Waals surface area contributed by atoms with Gasteiger partial charge in [0.2, 0.25) is 0 Å². The van der Waals surface area contributed by atoms with Gasteiger partial charge in [-0.15, -0.1) is 0 Å². The van der Waals surface area contributed by atoms with Crippen LogP contribution < -0.4 is 0 Å². The molecule has 3 heteroatoms. The normalized spacial score (nSPS) is 12.3. The third-order valence-corrected chi connectivity index (χ3v) is 5.32. The van der Waals surface area contributed by atoms with Crippen molar-refractivity contribution in [2.24, 2.45) is 0 Å². The fourth-order valence-electron chi connectivity index (χ4n) is 3.43. The Kier molecular flexibility index (Phi) is 21.3. The summed E-state index contributed by atoms with van der Waals surface area (Å²) >= 11 is 0. The van der Waals surface area contributed by atoms with Crippen LogP contribution in [0.25, 0.3) is 0 Å². The molecule has 0 aromatic carbocycles. The van der Waals surface area contributed by atoms with Crippen LogP contribution in [0.3, 0.4) is 0 Å². The monoisotopic (exact) mass is 384 g/mol. The van der Waals surface area contributed by atoms with Gasteiger partial charge in [0, 0.05) is 6.42 Å². The minimum atomic E-state index is -0.249. The first kappa shape index (κ1) is 26.4. The average Bonchev–Trinajstić information content (AvgIpc) is 2.65. The summed E-state index contributed by atoms with van der Waals surface area (Å²) in [5.74, 6) is -0.114. The molecule has 0 aliphatic carbocycles. The molecule has 0 spiro atoms. The van der Waals surface area contributed by atoms with Gasteiger partial charge in [-0.05, 0) is 25.7 Å². The van der Waals surface area contributed by atoms with Crippen LogP contribution in [0.5, 0.6) is 0 Å². The molecule has 27 heavy (non-hydrogen) atoms. The molecule has 0 aromatic rings. The van der Waals surface area contributed by atoms with Crippen molar-refractivity contribution in [2.45, 2.75) is 142 Å². The molecule has 0 saturated heterocycles. The summed E-state index contributed by atoms with van der Waals surface area (Å²) in [6.07, 6.45) is 22.1. The Labute approximate surface area is 169 Å². The number of hydrogen-bond donors (Lipinski definition) is 1. The first-order valence-electron chi connectivity index (χ1n) is 12.0. The van der Waals surface area contributed by atoms with Crippen LogP contribution >= 0.6 is 0 Å². The highest BCUT2D eigenvalue weighted by Crippen LogP contribution is 2.14. The summed E-state index contributed by atoms with van der Waals surface area (Å²) < 4.78 is 5.13. The van der Waals surface area contributed by atoms with E-state index in [0.29, 0.717) is 13.0 Å². The summed E-state index contributed by atoms with van der Waals surface area (Å²) in [6.45, 7) is 4.90. The van der Waals surface area contributed by atoms with E-state index in [-0.39, 0.29) is 12.1 Å². The molecule has 1 atom stereocenters. The molecular weight excluding hydrogens is 336 g/mol. The molecular formula is C24H48O3. The van der Waals surface area contributed by atoms with Crippen LogP contribution in [0.15, 0.2) is 0 Å². The summed E-state index contributed by atoms with van der Waals surface area (Å²) in [5, 5.41) is 10.0. The number of unbranched alkanes of at least 4 members (excludes halogenated alkanes) is 13. The third kappa shape index (κ3) is 21.6. The van der Waals surface area contributed by atoms with Gasteiger partial charge in [0.1, 0.15) is 0 Å². The molecule has 0 saturated carbocycles. The van der Waals surface area contributed by atoms with Crippen molar-refractivity contribution in [3.63, 3.8) is 0 Å². The average molecular weight is 385 g/mol. The second-order valence-electron chi connectivity index (χ2n) is 8.15. The lowest BCUT2D eigenvalue weighted by Crippen LogP contribution is -2.10. The maximum Gasteiger partial charge on any atom is 0.305 e. The number of ether oxygens (including phenoxy) is 1. The predicted octanol–water partition coefficient (Wildman–Crippen LogP) is 7.34. The third-order valence-electron chi connectivity index (χ3n) is 5.32. The van der Waals surface area contributed by atoms with Crippen LogP contribution in [0.4, 0.5) is 0 Å². The molecule has 0 fully saturated rings. The van der Waals surface area contributed by atoms with Crippen molar-refractivity contribution in [1.82, 2.24) is 0 Å². The van der Waals surface area contributed by atoms with Crippen molar-refractivity contribution < 1.29 is 14.6 Å². The molecule has 3 nitrogen and oxygen atoms in total. The van der Waals surface area contributed by atoms with E-state index in [9.17, 15) is 9.90 Å². The van der Waals surface area contributed by atoms with Gasteiger partial charge < -0.3 is 9.84 Å². The number of aliphatic hydroxyl groups is 1. The van der Waals surface area contributed by atoms with Crippen molar-refractivity contribution in [1.29, 1.82) is 0 Å². The number of carbonyl (C=O) groups is 1. The molecule has 0 aromatic heterocycles. The quantitative estimate of drug-likeness (QED) is 0.166. The second kappa shape index (κ2) is 21.7. The van der Waals surface area contributed by atoms with Gasteiger partial charge in [-0.1, -0.05) is 104 Å². The Morgan fingerprint density at radius 1 is 0.667 bits per heavy atom. The maximum absolute atomic E-state index is 11.5. The Morgan fingerprint density at radius 3 is 1.63 bits per heavy atom. The molecule has 162 valence electrons. The molecule has 0 radical (unpaired) electrons. The lowest BCUT2D eigenvalue weighted by Gasteiger charge is -2.10. The largest absolute Gasteiger partial charge is 0.466 e. The SMILES string of the molecule is CCCCCCCCCCCCCCCC(O)CCCC(=O)OCCCC. The van der Waals surface area contributed by atoms with E-state index in [4.69, 9.17) is 4.74 Å². The fraction of sp³-hybridized carbons (Fsp3) is 0.958. The Morgan fingerprint density at radius 2 is 1.11 bits per heavy atom. The lowest BCUT2D eigenvalue weighted by atomic mass is 10.0. The van der Waals surface area contributed by atoms with Crippen molar-refractivity contribution in [3.8, 4) is 0 Å². The van der Waals surface area contributed by atoms with Gasteiger partial charge in [0.25, 0.3) is 0 Å². The van der Waals surface area contributed by atoms with Crippen molar-refractivity contribution >= 4 is 5.97 Å².